The van der Waals surface area contributed by atoms with Gasteiger partial charge in [0.2, 0.25) is 0 Å². The first kappa shape index (κ1) is 10.0. The Bertz CT molecular complexity index is 181. The number of allylic oxidation sites excluding steroid dienone is 3. The molecule has 0 saturated heterocycles. The Morgan fingerprint density at radius 2 is 2.36 bits per heavy atom. The molecular formula is C10H14O. The van der Waals surface area contributed by atoms with Crippen molar-refractivity contribution in [3.63, 3.8) is 0 Å². The van der Waals surface area contributed by atoms with Crippen LogP contribution in [0.15, 0.2) is 24.8 Å². The molecular weight excluding hydrogens is 136 g/mol. The van der Waals surface area contributed by atoms with Crippen molar-refractivity contribution in [1.82, 2.24) is 0 Å². The zero-order valence-corrected chi connectivity index (χ0v) is 6.88. The summed E-state index contributed by atoms with van der Waals surface area (Å²) in [4.78, 5) is 0. The van der Waals surface area contributed by atoms with Crippen LogP contribution in [-0.4, -0.2) is 11.2 Å². The van der Waals surface area contributed by atoms with Gasteiger partial charge in [0.25, 0.3) is 0 Å². The van der Waals surface area contributed by atoms with Gasteiger partial charge >= 0.3 is 0 Å². The smallest absolute Gasteiger partial charge is 0.115 e. The minimum atomic E-state index is -0.510. The summed E-state index contributed by atoms with van der Waals surface area (Å²) in [5.41, 5.74) is 0. The SMILES string of the molecule is C=CC#CC(O)CC/C=C/C. The van der Waals surface area contributed by atoms with Gasteiger partial charge in [0.15, 0.2) is 0 Å². The molecule has 0 saturated carbocycles. The molecule has 0 aromatic carbocycles. The van der Waals surface area contributed by atoms with E-state index in [1.165, 1.54) is 6.08 Å². The van der Waals surface area contributed by atoms with Crippen molar-refractivity contribution in [2.24, 2.45) is 0 Å². The summed E-state index contributed by atoms with van der Waals surface area (Å²) in [6.07, 6.45) is 6.53. The number of hydrogen-bond donors (Lipinski definition) is 1. The predicted octanol–water partition coefficient (Wildman–Crippen LogP) is 1.89. The Morgan fingerprint density at radius 3 is 2.91 bits per heavy atom. The molecule has 1 unspecified atom stereocenters. The summed E-state index contributed by atoms with van der Waals surface area (Å²) in [7, 11) is 0. The van der Waals surface area contributed by atoms with Crippen LogP contribution in [0.4, 0.5) is 0 Å². The molecule has 0 fully saturated rings. The Balaban J connectivity index is 3.51. The maximum atomic E-state index is 9.15. The molecule has 0 aliphatic rings. The molecule has 11 heavy (non-hydrogen) atoms. The van der Waals surface area contributed by atoms with Gasteiger partial charge in [-0.25, -0.2) is 0 Å². The van der Waals surface area contributed by atoms with Crippen LogP contribution in [0, 0.1) is 11.8 Å². The second-order valence-electron chi connectivity index (χ2n) is 2.15. The molecule has 1 atom stereocenters. The third-order valence-corrected chi connectivity index (χ3v) is 1.19. The maximum Gasteiger partial charge on any atom is 0.115 e. The molecule has 0 aromatic heterocycles. The average Bonchev–Trinajstić information content (AvgIpc) is 2.01. The van der Waals surface area contributed by atoms with Gasteiger partial charge in [-0.1, -0.05) is 30.6 Å². The summed E-state index contributed by atoms with van der Waals surface area (Å²) >= 11 is 0. The lowest BCUT2D eigenvalue weighted by Gasteiger charge is -1.97. The third-order valence-electron chi connectivity index (χ3n) is 1.19. The van der Waals surface area contributed by atoms with Gasteiger partial charge in [-0.2, -0.15) is 0 Å². The van der Waals surface area contributed by atoms with E-state index in [9.17, 15) is 0 Å². The highest BCUT2D eigenvalue weighted by Gasteiger charge is 1.94. The fourth-order valence-electron chi connectivity index (χ4n) is 0.648. The number of aliphatic hydroxyl groups is 1. The van der Waals surface area contributed by atoms with Crippen LogP contribution < -0.4 is 0 Å². The fraction of sp³-hybridized carbons (Fsp3) is 0.400. The van der Waals surface area contributed by atoms with Crippen LogP contribution in [-0.2, 0) is 0 Å². The normalized spacial score (nSPS) is 12.2. The largest absolute Gasteiger partial charge is 0.380 e. The van der Waals surface area contributed by atoms with E-state index in [0.717, 1.165) is 6.42 Å². The summed E-state index contributed by atoms with van der Waals surface area (Å²) < 4.78 is 0. The van der Waals surface area contributed by atoms with Crippen molar-refractivity contribution < 1.29 is 5.11 Å². The van der Waals surface area contributed by atoms with Crippen molar-refractivity contribution in [2.45, 2.75) is 25.9 Å². The number of rotatable bonds is 3. The zero-order valence-electron chi connectivity index (χ0n) is 6.88. The van der Waals surface area contributed by atoms with E-state index in [1.54, 1.807) is 0 Å². The van der Waals surface area contributed by atoms with E-state index < -0.39 is 6.10 Å². The molecule has 1 nitrogen and oxygen atoms in total. The van der Waals surface area contributed by atoms with E-state index >= 15 is 0 Å². The lowest BCUT2D eigenvalue weighted by molar-refractivity contribution is 0.223. The lowest BCUT2D eigenvalue weighted by atomic mass is 10.2. The van der Waals surface area contributed by atoms with Crippen molar-refractivity contribution in [1.29, 1.82) is 0 Å². The van der Waals surface area contributed by atoms with E-state index in [1.807, 2.05) is 19.1 Å². The monoisotopic (exact) mass is 150 g/mol. The molecule has 0 aliphatic carbocycles. The maximum absolute atomic E-state index is 9.15. The van der Waals surface area contributed by atoms with E-state index in [4.69, 9.17) is 5.11 Å². The molecule has 0 aromatic rings. The summed E-state index contributed by atoms with van der Waals surface area (Å²) in [6, 6.07) is 0. The first-order valence-corrected chi connectivity index (χ1v) is 3.72. The molecule has 0 aliphatic heterocycles. The summed E-state index contributed by atoms with van der Waals surface area (Å²) in [5, 5.41) is 9.15. The molecule has 1 heteroatoms. The molecule has 0 radical (unpaired) electrons. The van der Waals surface area contributed by atoms with Crippen LogP contribution in [0.5, 0.6) is 0 Å². The molecule has 0 spiro atoms. The van der Waals surface area contributed by atoms with Gasteiger partial charge in [0.1, 0.15) is 6.10 Å². The molecule has 0 amide bonds. The van der Waals surface area contributed by atoms with Gasteiger partial charge in [-0.3, -0.25) is 0 Å². The minimum absolute atomic E-state index is 0.510. The Morgan fingerprint density at radius 1 is 1.64 bits per heavy atom. The van der Waals surface area contributed by atoms with E-state index in [2.05, 4.69) is 18.4 Å². The topological polar surface area (TPSA) is 20.2 Å². The summed E-state index contributed by atoms with van der Waals surface area (Å²) in [5.74, 6) is 5.26. The molecule has 0 rings (SSSR count). The van der Waals surface area contributed by atoms with Crippen LogP contribution >= 0.6 is 0 Å². The quantitative estimate of drug-likeness (QED) is 0.481. The third kappa shape index (κ3) is 6.89. The number of hydrogen-bond acceptors (Lipinski definition) is 1. The van der Waals surface area contributed by atoms with Crippen molar-refractivity contribution in [2.75, 3.05) is 0 Å². The van der Waals surface area contributed by atoms with Gasteiger partial charge in [0, 0.05) is 0 Å². The van der Waals surface area contributed by atoms with Gasteiger partial charge in [-0.05, 0) is 25.8 Å². The standard InChI is InChI=1S/C10H14O/c1-3-5-7-9-10(11)8-6-4-2/h3-5,10-11H,2,7,9H2,1H3/b5-3+. The molecule has 0 heterocycles. The average molecular weight is 150 g/mol. The van der Waals surface area contributed by atoms with E-state index in [0.29, 0.717) is 6.42 Å². The molecule has 60 valence electrons. The van der Waals surface area contributed by atoms with Crippen molar-refractivity contribution >= 4 is 0 Å². The first-order valence-electron chi connectivity index (χ1n) is 3.72. The zero-order chi connectivity index (χ0) is 8.53. The van der Waals surface area contributed by atoms with Gasteiger partial charge in [0.05, 0.1) is 0 Å². The summed E-state index contributed by atoms with van der Waals surface area (Å²) in [6.45, 7) is 5.39. The van der Waals surface area contributed by atoms with Crippen LogP contribution in [0.25, 0.3) is 0 Å². The molecule has 1 N–H and O–H groups in total. The Hall–Kier alpha value is -1.00. The lowest BCUT2D eigenvalue weighted by Crippen LogP contribution is -2.00. The first-order chi connectivity index (χ1) is 5.31. The van der Waals surface area contributed by atoms with Gasteiger partial charge in [-0.15, -0.1) is 0 Å². The van der Waals surface area contributed by atoms with Crippen molar-refractivity contribution in [3.8, 4) is 11.8 Å². The molecule has 0 bridgehead atoms. The minimum Gasteiger partial charge on any atom is -0.380 e. The highest BCUT2D eigenvalue weighted by atomic mass is 16.3. The van der Waals surface area contributed by atoms with Crippen LogP contribution in [0.3, 0.4) is 0 Å². The van der Waals surface area contributed by atoms with Gasteiger partial charge < -0.3 is 5.11 Å². The second-order valence-corrected chi connectivity index (χ2v) is 2.15. The van der Waals surface area contributed by atoms with Crippen molar-refractivity contribution in [3.05, 3.63) is 24.8 Å². The van der Waals surface area contributed by atoms with E-state index in [-0.39, 0.29) is 0 Å². The predicted molar refractivity (Wildman–Crippen MR) is 48.0 cm³/mol. The highest BCUT2D eigenvalue weighted by molar-refractivity contribution is 5.15. The second kappa shape index (κ2) is 7.11. The van der Waals surface area contributed by atoms with Crippen LogP contribution in [0.1, 0.15) is 19.8 Å². The van der Waals surface area contributed by atoms with Crippen LogP contribution in [0.2, 0.25) is 0 Å². The Labute approximate surface area is 68.4 Å². The Kier molecular flexibility index (Phi) is 6.46. The highest BCUT2D eigenvalue weighted by Crippen LogP contribution is 1.96. The fourth-order valence-corrected chi connectivity index (χ4v) is 0.648. The number of aliphatic hydroxyl groups excluding tert-OH is 1.